The van der Waals surface area contributed by atoms with Crippen molar-refractivity contribution in [3.05, 3.63) is 58.3 Å². The Morgan fingerprint density at radius 2 is 2.29 bits per heavy atom. The molecule has 0 unspecified atom stereocenters. The van der Waals surface area contributed by atoms with Crippen LogP contribution < -0.4 is 4.74 Å². The number of pyridine rings is 1. The van der Waals surface area contributed by atoms with Gasteiger partial charge in [0.15, 0.2) is 12.2 Å². The lowest BCUT2D eigenvalue weighted by Gasteiger charge is -2.15. The topological polar surface area (TPSA) is 101 Å². The first kappa shape index (κ1) is 16.8. The molecule has 28 heavy (non-hydrogen) atoms. The minimum atomic E-state index is -0.211. The van der Waals surface area contributed by atoms with Gasteiger partial charge in [-0.2, -0.15) is 10.4 Å². The van der Waals surface area contributed by atoms with E-state index >= 15 is 0 Å². The zero-order valence-corrected chi connectivity index (χ0v) is 15.6. The van der Waals surface area contributed by atoms with Gasteiger partial charge in [0.1, 0.15) is 28.8 Å². The lowest BCUT2D eigenvalue weighted by molar-refractivity contribution is 0.203. The van der Waals surface area contributed by atoms with E-state index in [0.717, 1.165) is 40.6 Å². The lowest BCUT2D eigenvalue weighted by atomic mass is 10.0. The van der Waals surface area contributed by atoms with Crippen molar-refractivity contribution in [2.75, 3.05) is 0 Å². The van der Waals surface area contributed by atoms with Gasteiger partial charge in [-0.25, -0.2) is 9.97 Å². The maximum atomic E-state index is 9.29. The number of H-pyrrole nitrogens is 1. The number of aromatic amines is 1. The maximum Gasteiger partial charge on any atom is 0.181 e. The molecule has 1 aliphatic rings. The molecule has 1 aliphatic carbocycles. The summed E-state index contributed by atoms with van der Waals surface area (Å²) < 4.78 is 11.6. The Morgan fingerprint density at radius 3 is 3.07 bits per heavy atom. The molecule has 0 amide bonds. The van der Waals surface area contributed by atoms with Gasteiger partial charge in [-0.1, -0.05) is 11.6 Å². The van der Waals surface area contributed by atoms with Gasteiger partial charge in [0.05, 0.1) is 23.0 Å². The second-order valence-electron chi connectivity index (χ2n) is 6.67. The molecular weight excluding hydrogens is 378 g/mol. The molecule has 138 valence electrons. The Kier molecular flexibility index (Phi) is 3.81. The van der Waals surface area contributed by atoms with Crippen molar-refractivity contribution in [1.29, 1.82) is 5.26 Å². The molecule has 0 bridgehead atoms. The zero-order valence-electron chi connectivity index (χ0n) is 14.9. The third-order valence-corrected chi connectivity index (χ3v) is 5.39. The van der Waals surface area contributed by atoms with Crippen molar-refractivity contribution >= 4 is 22.5 Å². The van der Waals surface area contributed by atoms with Crippen molar-refractivity contribution < 1.29 is 9.15 Å². The maximum absolute atomic E-state index is 9.29. The van der Waals surface area contributed by atoms with Crippen LogP contribution in [0.4, 0.5) is 0 Å². The average Bonchev–Trinajstić information content (AvgIpc) is 3.42. The number of aromatic nitrogens is 4. The highest BCUT2D eigenvalue weighted by Crippen LogP contribution is 2.39. The number of benzene rings is 1. The van der Waals surface area contributed by atoms with Crippen molar-refractivity contribution in [2.24, 2.45) is 0 Å². The number of oxazole rings is 1. The smallest absolute Gasteiger partial charge is 0.181 e. The quantitative estimate of drug-likeness (QED) is 0.515. The number of halogens is 1. The first-order valence-electron chi connectivity index (χ1n) is 8.78. The van der Waals surface area contributed by atoms with Gasteiger partial charge in [-0.3, -0.25) is 5.10 Å². The summed E-state index contributed by atoms with van der Waals surface area (Å²) in [7, 11) is 0. The number of hydrogen-bond acceptors (Lipinski definition) is 6. The lowest BCUT2D eigenvalue weighted by Crippen LogP contribution is -2.07. The van der Waals surface area contributed by atoms with E-state index < -0.39 is 0 Å². The van der Waals surface area contributed by atoms with Gasteiger partial charge in [0, 0.05) is 5.39 Å². The van der Waals surface area contributed by atoms with Crippen LogP contribution in [0.25, 0.3) is 22.4 Å². The molecule has 0 aliphatic heterocycles. The Hall–Kier alpha value is -3.37. The normalized spacial score (nSPS) is 15.5. The Labute approximate surface area is 164 Å². The van der Waals surface area contributed by atoms with Crippen LogP contribution in [0.3, 0.4) is 0 Å². The second-order valence-corrected chi connectivity index (χ2v) is 7.03. The highest BCUT2D eigenvalue weighted by Gasteiger charge is 2.30. The van der Waals surface area contributed by atoms with Gasteiger partial charge in [0.2, 0.25) is 0 Å². The number of rotatable bonds is 3. The minimum Gasteiger partial charge on any atom is -0.484 e. The van der Waals surface area contributed by atoms with E-state index in [4.69, 9.17) is 20.8 Å². The zero-order chi connectivity index (χ0) is 19.3. The fraction of sp³-hybridized carbons (Fsp3) is 0.200. The number of nitrogens with one attached hydrogen (secondary N) is 1. The van der Waals surface area contributed by atoms with Crippen molar-refractivity contribution in [3.8, 4) is 23.3 Å². The first-order valence-corrected chi connectivity index (χ1v) is 9.16. The number of nitriles is 1. The molecule has 0 saturated heterocycles. The fourth-order valence-electron chi connectivity index (χ4n) is 3.72. The molecule has 3 heterocycles. The molecule has 1 atom stereocenters. The predicted octanol–water partition coefficient (Wildman–Crippen LogP) is 4.51. The molecule has 4 aromatic rings. The molecule has 5 rings (SSSR count). The standard InChI is InChI=1S/C20H14ClN5O2/c1-10-12-3-5-16(18(12)24-20(21)14(10)7-22)28-11-2-4-15-13(6-11)19(26-25-15)17-8-23-9-27-17/h2,4,6,8-9,16H,3,5H2,1H3,(H,25,26)/t16-/m0/s1. The molecule has 1 aromatic carbocycles. The number of hydrogen-bond donors (Lipinski definition) is 1. The third kappa shape index (κ3) is 2.53. The molecular formula is C20H14ClN5O2. The van der Waals surface area contributed by atoms with Crippen LogP contribution in [0.2, 0.25) is 5.15 Å². The van der Waals surface area contributed by atoms with Crippen molar-refractivity contribution in [3.63, 3.8) is 0 Å². The summed E-state index contributed by atoms with van der Waals surface area (Å²) in [5, 5.41) is 17.7. The monoisotopic (exact) mass is 391 g/mol. The number of ether oxygens (including phenoxy) is 1. The summed E-state index contributed by atoms with van der Waals surface area (Å²) in [5.41, 5.74) is 4.75. The average molecular weight is 392 g/mol. The van der Waals surface area contributed by atoms with Gasteiger partial charge >= 0.3 is 0 Å². The fourth-order valence-corrected chi connectivity index (χ4v) is 3.99. The van der Waals surface area contributed by atoms with Gasteiger partial charge in [-0.05, 0) is 49.1 Å². The van der Waals surface area contributed by atoms with Gasteiger partial charge in [0.25, 0.3) is 0 Å². The summed E-state index contributed by atoms with van der Waals surface area (Å²) in [4.78, 5) is 8.40. The van der Waals surface area contributed by atoms with Gasteiger partial charge < -0.3 is 9.15 Å². The molecule has 0 radical (unpaired) electrons. The van der Waals surface area contributed by atoms with Crippen LogP contribution >= 0.6 is 11.6 Å². The van der Waals surface area contributed by atoms with Crippen LogP contribution in [0, 0.1) is 18.3 Å². The summed E-state index contributed by atoms with van der Waals surface area (Å²) in [6, 6.07) is 7.86. The summed E-state index contributed by atoms with van der Waals surface area (Å²) in [6.07, 6.45) is 4.38. The van der Waals surface area contributed by atoms with E-state index in [1.807, 2.05) is 25.1 Å². The summed E-state index contributed by atoms with van der Waals surface area (Å²) >= 11 is 6.21. The first-order chi connectivity index (χ1) is 13.7. The summed E-state index contributed by atoms with van der Waals surface area (Å²) in [6.45, 7) is 1.91. The minimum absolute atomic E-state index is 0.211. The largest absolute Gasteiger partial charge is 0.484 e. The third-order valence-electron chi connectivity index (χ3n) is 5.11. The molecule has 8 heteroatoms. The molecule has 7 nitrogen and oxygen atoms in total. The van der Waals surface area contributed by atoms with E-state index in [0.29, 0.717) is 22.8 Å². The molecule has 3 aromatic heterocycles. The highest BCUT2D eigenvalue weighted by molar-refractivity contribution is 6.30. The van der Waals surface area contributed by atoms with E-state index in [2.05, 4.69) is 26.2 Å². The van der Waals surface area contributed by atoms with E-state index in [9.17, 15) is 5.26 Å². The second kappa shape index (κ2) is 6.36. The van der Waals surface area contributed by atoms with E-state index in [1.54, 1.807) is 6.20 Å². The SMILES string of the molecule is Cc1c(C#N)c(Cl)nc2c1CC[C@@H]2Oc1ccc2[nH]nc(-c3cnco3)c2c1. The molecule has 1 N–H and O–H groups in total. The van der Waals surface area contributed by atoms with E-state index in [1.165, 1.54) is 6.39 Å². The molecule has 0 spiro atoms. The van der Waals surface area contributed by atoms with Crippen LogP contribution in [-0.2, 0) is 6.42 Å². The van der Waals surface area contributed by atoms with Crippen LogP contribution in [0.15, 0.2) is 35.2 Å². The van der Waals surface area contributed by atoms with Crippen molar-refractivity contribution in [2.45, 2.75) is 25.9 Å². The molecule has 0 fully saturated rings. The predicted molar refractivity (Wildman–Crippen MR) is 102 cm³/mol. The van der Waals surface area contributed by atoms with Gasteiger partial charge in [-0.15, -0.1) is 0 Å². The summed E-state index contributed by atoms with van der Waals surface area (Å²) in [5.74, 6) is 1.29. The Morgan fingerprint density at radius 1 is 1.39 bits per heavy atom. The van der Waals surface area contributed by atoms with Crippen molar-refractivity contribution in [1.82, 2.24) is 20.2 Å². The van der Waals surface area contributed by atoms with E-state index in [-0.39, 0.29) is 11.3 Å². The van der Waals surface area contributed by atoms with Crippen LogP contribution in [0.1, 0.15) is 34.9 Å². The van der Waals surface area contributed by atoms with Crippen LogP contribution in [0.5, 0.6) is 5.75 Å². The highest BCUT2D eigenvalue weighted by atomic mass is 35.5. The number of fused-ring (bicyclic) bond motifs is 2. The molecule has 0 saturated carbocycles. The van der Waals surface area contributed by atoms with Crippen LogP contribution in [-0.4, -0.2) is 20.2 Å². The Balaban J connectivity index is 1.51. The Bertz CT molecular complexity index is 1240. The number of nitrogens with zero attached hydrogens (tertiary/aromatic N) is 4.